The lowest BCUT2D eigenvalue weighted by molar-refractivity contribution is 0.0520. The Labute approximate surface area is 174 Å². The molecule has 0 bridgehead atoms. The van der Waals surface area contributed by atoms with Gasteiger partial charge in [0, 0.05) is 11.6 Å². The molecule has 0 atom stereocenters. The summed E-state index contributed by atoms with van der Waals surface area (Å²) < 4.78 is 34.2. The Hall–Kier alpha value is -2.51. The maximum Gasteiger partial charge on any atom is 0.408 e. The van der Waals surface area contributed by atoms with Gasteiger partial charge < -0.3 is 14.5 Å². The molecule has 1 amide bonds. The van der Waals surface area contributed by atoms with E-state index in [1.54, 1.807) is 57.2 Å². The second kappa shape index (κ2) is 7.72. The number of alkyl carbamates (subject to hydrolysis) is 1. The number of sulfone groups is 1. The maximum atomic E-state index is 11.8. The van der Waals surface area contributed by atoms with E-state index in [1.165, 1.54) is 6.26 Å². The SMILES string of the molecule is CC(C)(C)OC(=O)NCc1cc2cc(-c3ccc(S(C)(=O)=O)cc3)cc(Cl)c2o1. The molecule has 3 rings (SSSR count). The molecule has 1 N–H and O–H groups in total. The van der Waals surface area contributed by atoms with Crippen molar-refractivity contribution in [2.24, 2.45) is 0 Å². The van der Waals surface area contributed by atoms with E-state index in [1.807, 2.05) is 6.07 Å². The molecular formula is C21H22ClNO5S. The molecule has 6 nitrogen and oxygen atoms in total. The van der Waals surface area contributed by atoms with Crippen molar-refractivity contribution in [3.63, 3.8) is 0 Å². The van der Waals surface area contributed by atoms with Crippen LogP contribution in [0.5, 0.6) is 0 Å². The zero-order valence-corrected chi connectivity index (χ0v) is 18.1. The average molecular weight is 436 g/mol. The highest BCUT2D eigenvalue weighted by Crippen LogP contribution is 2.33. The number of hydrogen-bond acceptors (Lipinski definition) is 5. The van der Waals surface area contributed by atoms with Gasteiger partial charge in [0.05, 0.1) is 16.5 Å². The van der Waals surface area contributed by atoms with E-state index in [-0.39, 0.29) is 11.4 Å². The molecule has 0 fully saturated rings. The minimum atomic E-state index is -3.25. The van der Waals surface area contributed by atoms with Gasteiger partial charge in [-0.1, -0.05) is 23.7 Å². The first-order valence-corrected chi connectivity index (χ1v) is 11.2. The molecule has 29 heavy (non-hydrogen) atoms. The number of amides is 1. The lowest BCUT2D eigenvalue weighted by atomic mass is 10.0. The minimum absolute atomic E-state index is 0.165. The van der Waals surface area contributed by atoms with Crippen molar-refractivity contribution in [3.8, 4) is 11.1 Å². The van der Waals surface area contributed by atoms with Crippen molar-refractivity contribution in [1.29, 1.82) is 0 Å². The molecule has 0 aliphatic carbocycles. The fourth-order valence-electron chi connectivity index (χ4n) is 2.79. The molecule has 154 valence electrons. The molecule has 1 heterocycles. The Morgan fingerprint density at radius 2 is 1.76 bits per heavy atom. The monoisotopic (exact) mass is 435 g/mol. The van der Waals surface area contributed by atoms with Crippen molar-refractivity contribution in [1.82, 2.24) is 5.32 Å². The second-order valence-corrected chi connectivity index (χ2v) is 10.2. The topological polar surface area (TPSA) is 85.6 Å². The number of fused-ring (bicyclic) bond motifs is 1. The van der Waals surface area contributed by atoms with Gasteiger partial charge in [-0.15, -0.1) is 0 Å². The Morgan fingerprint density at radius 1 is 1.10 bits per heavy atom. The standard InChI is InChI=1S/C21H22ClNO5S/c1-21(2,3)28-20(24)23-12-16-10-15-9-14(11-18(22)19(15)27-16)13-5-7-17(8-6-13)29(4,25)26/h5-11H,12H2,1-4H3,(H,23,24). The van der Waals surface area contributed by atoms with Crippen LogP contribution in [0, 0.1) is 0 Å². The predicted octanol–water partition coefficient (Wildman–Crippen LogP) is 5.18. The highest BCUT2D eigenvalue weighted by Gasteiger charge is 2.17. The lowest BCUT2D eigenvalue weighted by Gasteiger charge is -2.19. The first-order valence-electron chi connectivity index (χ1n) is 8.92. The fraction of sp³-hybridized carbons (Fsp3) is 0.286. The van der Waals surface area contributed by atoms with Crippen LogP contribution >= 0.6 is 11.6 Å². The Bertz CT molecular complexity index is 1160. The third kappa shape index (κ3) is 5.31. The van der Waals surface area contributed by atoms with Gasteiger partial charge in [-0.25, -0.2) is 13.2 Å². The van der Waals surface area contributed by atoms with E-state index in [2.05, 4.69) is 5.32 Å². The molecule has 0 saturated heterocycles. The molecule has 2 aromatic carbocycles. The number of rotatable bonds is 4. The smallest absolute Gasteiger partial charge is 0.408 e. The first-order chi connectivity index (χ1) is 13.4. The summed E-state index contributed by atoms with van der Waals surface area (Å²) in [5, 5.41) is 3.85. The Morgan fingerprint density at radius 3 is 2.34 bits per heavy atom. The van der Waals surface area contributed by atoms with Crippen LogP contribution in [0.3, 0.4) is 0 Å². The zero-order valence-electron chi connectivity index (χ0n) is 16.6. The van der Waals surface area contributed by atoms with Crippen molar-refractivity contribution in [2.75, 3.05) is 6.26 Å². The molecular weight excluding hydrogens is 414 g/mol. The number of halogens is 1. The third-order valence-electron chi connectivity index (χ3n) is 4.04. The van der Waals surface area contributed by atoms with Gasteiger partial charge >= 0.3 is 6.09 Å². The molecule has 0 aliphatic heterocycles. The quantitative estimate of drug-likeness (QED) is 0.610. The van der Waals surface area contributed by atoms with E-state index in [4.69, 9.17) is 20.8 Å². The zero-order chi connectivity index (χ0) is 21.4. The average Bonchev–Trinajstić information content (AvgIpc) is 3.01. The summed E-state index contributed by atoms with van der Waals surface area (Å²) in [5.74, 6) is 0.539. The lowest BCUT2D eigenvalue weighted by Crippen LogP contribution is -2.32. The molecule has 0 aliphatic rings. The summed E-state index contributed by atoms with van der Waals surface area (Å²) in [6.07, 6.45) is 0.638. The first kappa shape index (κ1) is 21.2. The van der Waals surface area contributed by atoms with Crippen LogP contribution in [0.1, 0.15) is 26.5 Å². The molecule has 0 spiro atoms. The largest absolute Gasteiger partial charge is 0.458 e. The number of carbonyl (C=O) groups excluding carboxylic acids is 1. The normalized spacial score (nSPS) is 12.2. The molecule has 0 saturated carbocycles. The van der Waals surface area contributed by atoms with E-state index < -0.39 is 21.5 Å². The number of carbonyl (C=O) groups is 1. The predicted molar refractivity (Wildman–Crippen MR) is 113 cm³/mol. The van der Waals surface area contributed by atoms with Gasteiger partial charge in [0.25, 0.3) is 0 Å². The summed E-state index contributed by atoms with van der Waals surface area (Å²) in [7, 11) is -3.25. The van der Waals surface area contributed by atoms with Crippen LogP contribution < -0.4 is 5.32 Å². The van der Waals surface area contributed by atoms with Crippen LogP contribution in [0.2, 0.25) is 5.02 Å². The van der Waals surface area contributed by atoms with Gasteiger partial charge in [-0.3, -0.25) is 0 Å². The summed E-state index contributed by atoms with van der Waals surface area (Å²) in [5.41, 5.74) is 1.60. The van der Waals surface area contributed by atoms with Crippen molar-refractivity contribution in [3.05, 3.63) is 53.2 Å². The summed E-state index contributed by atoms with van der Waals surface area (Å²) in [6, 6.07) is 12.1. The van der Waals surface area contributed by atoms with E-state index >= 15 is 0 Å². The minimum Gasteiger partial charge on any atom is -0.458 e. The van der Waals surface area contributed by atoms with Crippen molar-refractivity contribution in [2.45, 2.75) is 37.8 Å². The molecule has 0 radical (unpaired) electrons. The van der Waals surface area contributed by atoms with Crippen LogP contribution in [0.25, 0.3) is 22.1 Å². The van der Waals surface area contributed by atoms with Crippen molar-refractivity contribution >= 4 is 38.5 Å². The fourth-order valence-corrected chi connectivity index (χ4v) is 3.68. The Kier molecular flexibility index (Phi) is 5.65. The molecule has 8 heteroatoms. The summed E-state index contributed by atoms with van der Waals surface area (Å²) in [6.45, 7) is 5.53. The van der Waals surface area contributed by atoms with Gasteiger partial charge in [-0.2, -0.15) is 0 Å². The van der Waals surface area contributed by atoms with E-state index in [0.29, 0.717) is 16.4 Å². The second-order valence-electron chi connectivity index (χ2n) is 7.74. The highest BCUT2D eigenvalue weighted by atomic mass is 35.5. The number of ether oxygens (including phenoxy) is 1. The number of benzene rings is 2. The molecule has 0 unspecified atom stereocenters. The van der Waals surface area contributed by atoms with Crippen LogP contribution in [0.15, 0.2) is 51.8 Å². The van der Waals surface area contributed by atoms with Gasteiger partial charge in [-0.05, 0) is 62.2 Å². The molecule has 3 aromatic rings. The van der Waals surface area contributed by atoms with Crippen molar-refractivity contribution < 1.29 is 22.4 Å². The van der Waals surface area contributed by atoms with Gasteiger partial charge in [0.2, 0.25) is 0 Å². The van der Waals surface area contributed by atoms with E-state index in [9.17, 15) is 13.2 Å². The summed E-state index contributed by atoms with van der Waals surface area (Å²) in [4.78, 5) is 12.1. The van der Waals surface area contributed by atoms with Crippen LogP contribution in [-0.4, -0.2) is 26.4 Å². The third-order valence-corrected chi connectivity index (χ3v) is 5.45. The van der Waals surface area contributed by atoms with Crippen LogP contribution in [-0.2, 0) is 21.1 Å². The van der Waals surface area contributed by atoms with Gasteiger partial charge in [0.1, 0.15) is 11.4 Å². The Balaban J connectivity index is 1.83. The summed E-state index contributed by atoms with van der Waals surface area (Å²) >= 11 is 6.38. The van der Waals surface area contributed by atoms with E-state index in [0.717, 1.165) is 16.5 Å². The maximum absolute atomic E-state index is 11.8. The molecule has 1 aromatic heterocycles. The number of hydrogen-bond donors (Lipinski definition) is 1. The van der Waals surface area contributed by atoms with Gasteiger partial charge in [0.15, 0.2) is 15.4 Å². The number of furan rings is 1. The highest BCUT2D eigenvalue weighted by molar-refractivity contribution is 7.90. The van der Waals surface area contributed by atoms with Crippen LogP contribution in [0.4, 0.5) is 4.79 Å². The number of nitrogens with one attached hydrogen (secondary N) is 1.